The average Bonchev–Trinajstić information content (AvgIpc) is 3.00. The van der Waals surface area contributed by atoms with Crippen LogP contribution in [0.3, 0.4) is 0 Å². The molecule has 1 N–H and O–H groups in total. The standard InChI is InChI=1S/C17H17ClN4O3S/c1-22-11-3-5-15(22)21-26(24,25)13-8-6-12(7-9-13)20-17(23)14-4-2-10-19-16(14)18/h2,4,6-10H,3,5,11H2,1H3,(H,20,23). The highest BCUT2D eigenvalue weighted by Gasteiger charge is 2.20. The van der Waals surface area contributed by atoms with Gasteiger partial charge in [-0.15, -0.1) is 4.40 Å². The van der Waals surface area contributed by atoms with Gasteiger partial charge in [-0.25, -0.2) is 4.98 Å². The zero-order valence-corrected chi connectivity index (χ0v) is 15.6. The SMILES string of the molecule is CN1CCCC1=NS(=O)(=O)c1ccc(NC(=O)c2cccnc2Cl)cc1. The number of nitrogens with one attached hydrogen (secondary N) is 1. The molecule has 1 fully saturated rings. The van der Waals surface area contributed by atoms with E-state index in [-0.39, 0.29) is 15.6 Å². The Bertz CT molecular complexity index is 958. The monoisotopic (exact) mass is 392 g/mol. The van der Waals surface area contributed by atoms with Crippen molar-refractivity contribution in [2.75, 3.05) is 18.9 Å². The van der Waals surface area contributed by atoms with Gasteiger partial charge in [-0.2, -0.15) is 8.42 Å². The van der Waals surface area contributed by atoms with Gasteiger partial charge in [0.1, 0.15) is 11.0 Å². The molecule has 0 bridgehead atoms. The molecule has 2 heterocycles. The molecule has 0 aliphatic carbocycles. The van der Waals surface area contributed by atoms with Gasteiger partial charge in [-0.1, -0.05) is 11.6 Å². The number of rotatable bonds is 4. The lowest BCUT2D eigenvalue weighted by Gasteiger charge is -2.11. The third-order valence-electron chi connectivity index (χ3n) is 3.97. The summed E-state index contributed by atoms with van der Waals surface area (Å²) < 4.78 is 28.7. The Morgan fingerprint density at radius 1 is 1.27 bits per heavy atom. The third kappa shape index (κ3) is 4.03. The quantitative estimate of drug-likeness (QED) is 0.808. The van der Waals surface area contributed by atoms with E-state index in [4.69, 9.17) is 11.6 Å². The molecular formula is C17H17ClN4O3S. The normalized spacial score (nSPS) is 16.1. The number of amides is 1. The van der Waals surface area contributed by atoms with E-state index in [1.54, 1.807) is 12.1 Å². The second-order valence-corrected chi connectivity index (χ2v) is 7.79. The minimum atomic E-state index is -3.78. The van der Waals surface area contributed by atoms with Gasteiger partial charge in [0.25, 0.3) is 15.9 Å². The summed E-state index contributed by atoms with van der Waals surface area (Å²) in [5.41, 5.74) is 0.682. The molecule has 1 aliphatic heterocycles. The molecule has 1 saturated heterocycles. The van der Waals surface area contributed by atoms with E-state index in [9.17, 15) is 13.2 Å². The van der Waals surface area contributed by atoms with Gasteiger partial charge in [0.15, 0.2) is 0 Å². The van der Waals surface area contributed by atoms with E-state index in [1.807, 2.05) is 11.9 Å². The van der Waals surface area contributed by atoms with Gasteiger partial charge in [-0.3, -0.25) is 4.79 Å². The van der Waals surface area contributed by atoms with Gasteiger partial charge in [0.05, 0.1) is 10.5 Å². The van der Waals surface area contributed by atoms with Crippen molar-refractivity contribution in [1.82, 2.24) is 9.88 Å². The van der Waals surface area contributed by atoms with E-state index in [1.165, 1.54) is 30.5 Å². The first-order valence-corrected chi connectivity index (χ1v) is 9.75. The minimum absolute atomic E-state index is 0.0720. The molecule has 26 heavy (non-hydrogen) atoms. The average molecular weight is 393 g/mol. The highest BCUT2D eigenvalue weighted by atomic mass is 35.5. The van der Waals surface area contributed by atoms with Gasteiger partial charge in [0, 0.05) is 31.9 Å². The van der Waals surface area contributed by atoms with Crippen LogP contribution in [0.15, 0.2) is 51.9 Å². The smallest absolute Gasteiger partial charge is 0.283 e. The molecule has 1 aromatic carbocycles. The first kappa shape index (κ1) is 18.3. The number of aromatic nitrogens is 1. The van der Waals surface area contributed by atoms with Crippen molar-refractivity contribution >= 4 is 39.1 Å². The van der Waals surface area contributed by atoms with Crippen molar-refractivity contribution in [2.24, 2.45) is 4.40 Å². The van der Waals surface area contributed by atoms with Crippen molar-refractivity contribution in [1.29, 1.82) is 0 Å². The number of carbonyl (C=O) groups excluding carboxylic acids is 1. The van der Waals surface area contributed by atoms with Crippen molar-refractivity contribution in [2.45, 2.75) is 17.7 Å². The lowest BCUT2D eigenvalue weighted by atomic mass is 10.2. The van der Waals surface area contributed by atoms with Gasteiger partial charge in [0.2, 0.25) is 0 Å². The predicted octanol–water partition coefficient (Wildman–Crippen LogP) is 2.80. The topological polar surface area (TPSA) is 91.7 Å². The molecule has 1 amide bonds. The maximum atomic E-state index is 12.4. The molecule has 0 spiro atoms. The molecule has 7 nitrogen and oxygen atoms in total. The van der Waals surface area contributed by atoms with E-state index in [2.05, 4.69) is 14.7 Å². The lowest BCUT2D eigenvalue weighted by Crippen LogP contribution is -2.20. The van der Waals surface area contributed by atoms with Crippen LogP contribution in [-0.2, 0) is 10.0 Å². The van der Waals surface area contributed by atoms with Crippen LogP contribution < -0.4 is 5.32 Å². The van der Waals surface area contributed by atoms with Crippen molar-refractivity contribution in [3.63, 3.8) is 0 Å². The van der Waals surface area contributed by atoms with Crippen molar-refractivity contribution in [3.05, 3.63) is 53.3 Å². The molecule has 0 unspecified atom stereocenters. The van der Waals surface area contributed by atoms with Gasteiger partial charge >= 0.3 is 0 Å². The first-order valence-electron chi connectivity index (χ1n) is 7.94. The number of benzene rings is 1. The van der Waals surface area contributed by atoms with E-state index < -0.39 is 15.9 Å². The minimum Gasteiger partial charge on any atom is -0.362 e. The second-order valence-electron chi connectivity index (χ2n) is 5.83. The molecule has 1 aromatic heterocycles. The highest BCUT2D eigenvalue weighted by Crippen LogP contribution is 2.20. The number of amidine groups is 1. The number of halogens is 1. The van der Waals surface area contributed by atoms with Crippen LogP contribution in [-0.4, -0.2) is 43.6 Å². The summed E-state index contributed by atoms with van der Waals surface area (Å²) in [6, 6.07) is 9.00. The van der Waals surface area contributed by atoms with E-state index in [0.29, 0.717) is 17.9 Å². The Kier molecular flexibility index (Phi) is 5.24. The van der Waals surface area contributed by atoms with Crippen LogP contribution in [0.25, 0.3) is 0 Å². The van der Waals surface area contributed by atoms with E-state index >= 15 is 0 Å². The Balaban J connectivity index is 1.76. The molecule has 3 rings (SSSR count). The molecule has 1 aliphatic rings. The van der Waals surface area contributed by atoms with Crippen molar-refractivity contribution < 1.29 is 13.2 Å². The summed E-state index contributed by atoms with van der Waals surface area (Å²) in [7, 11) is -1.96. The second kappa shape index (κ2) is 7.43. The number of pyridine rings is 1. The predicted molar refractivity (Wildman–Crippen MR) is 100 cm³/mol. The van der Waals surface area contributed by atoms with Crippen LogP contribution in [0.5, 0.6) is 0 Å². The zero-order chi connectivity index (χ0) is 18.7. The Morgan fingerprint density at radius 3 is 2.62 bits per heavy atom. The number of carbonyl (C=O) groups is 1. The molecule has 0 radical (unpaired) electrons. The van der Waals surface area contributed by atoms with Gasteiger partial charge < -0.3 is 10.2 Å². The third-order valence-corrected chi connectivity index (χ3v) is 5.59. The fraction of sp³-hybridized carbons (Fsp3) is 0.235. The summed E-state index contributed by atoms with van der Waals surface area (Å²) in [5.74, 6) is 0.139. The number of hydrogen-bond acceptors (Lipinski definition) is 4. The van der Waals surface area contributed by atoms with Crippen LogP contribution in [0.2, 0.25) is 5.15 Å². The summed E-state index contributed by atoms with van der Waals surface area (Å²) >= 11 is 5.89. The number of hydrogen-bond donors (Lipinski definition) is 1. The van der Waals surface area contributed by atoms with Gasteiger partial charge in [-0.05, 0) is 42.8 Å². The van der Waals surface area contributed by atoms with E-state index in [0.717, 1.165) is 13.0 Å². The molecule has 136 valence electrons. The number of sulfonamides is 1. The molecule has 2 aromatic rings. The van der Waals surface area contributed by atoms with Crippen LogP contribution in [0, 0.1) is 0 Å². The highest BCUT2D eigenvalue weighted by molar-refractivity contribution is 7.90. The molecular weight excluding hydrogens is 376 g/mol. The molecule has 0 atom stereocenters. The Labute approximate surface area is 156 Å². The summed E-state index contributed by atoms with van der Waals surface area (Å²) in [6.07, 6.45) is 3.03. The van der Waals surface area contributed by atoms with Crippen LogP contribution in [0.1, 0.15) is 23.2 Å². The van der Waals surface area contributed by atoms with Crippen LogP contribution in [0.4, 0.5) is 5.69 Å². The fourth-order valence-electron chi connectivity index (χ4n) is 2.57. The number of anilines is 1. The summed E-state index contributed by atoms with van der Waals surface area (Å²) in [5, 5.41) is 2.75. The maximum Gasteiger partial charge on any atom is 0.283 e. The Hall–Kier alpha value is -2.45. The fourth-order valence-corrected chi connectivity index (χ4v) is 3.86. The summed E-state index contributed by atoms with van der Waals surface area (Å²) in [6.45, 7) is 0.802. The molecule has 9 heteroatoms. The van der Waals surface area contributed by atoms with Crippen molar-refractivity contribution in [3.8, 4) is 0 Å². The Morgan fingerprint density at radius 2 is 2.00 bits per heavy atom. The largest absolute Gasteiger partial charge is 0.362 e. The zero-order valence-electron chi connectivity index (χ0n) is 14.0. The summed E-state index contributed by atoms with van der Waals surface area (Å²) in [4.78, 5) is 18.0. The van der Waals surface area contributed by atoms with Crippen LogP contribution >= 0.6 is 11.6 Å². The number of nitrogens with zero attached hydrogens (tertiary/aromatic N) is 3. The number of likely N-dealkylation sites (tertiary alicyclic amines) is 1. The molecule has 0 saturated carbocycles. The first-order chi connectivity index (χ1) is 12.4. The lowest BCUT2D eigenvalue weighted by molar-refractivity contribution is 0.102. The maximum absolute atomic E-state index is 12.4.